The van der Waals surface area contributed by atoms with E-state index in [-0.39, 0.29) is 146 Å². The van der Waals surface area contributed by atoms with Crippen molar-refractivity contribution in [2.75, 3.05) is 0 Å². The average Bonchev–Trinajstić information content (AvgIpc) is 0.785. The minimum absolute atomic E-state index is 0.00819. The highest BCUT2D eigenvalue weighted by molar-refractivity contribution is 5.63. The van der Waals surface area contributed by atoms with Crippen molar-refractivity contribution in [3.05, 3.63) is 283 Å². The van der Waals surface area contributed by atoms with Gasteiger partial charge in [-0.25, -0.2) is 0 Å². The van der Waals surface area contributed by atoms with Crippen molar-refractivity contribution in [3.63, 3.8) is 0 Å². The van der Waals surface area contributed by atoms with E-state index in [1.165, 1.54) is 0 Å². The van der Waals surface area contributed by atoms with Gasteiger partial charge in [-0.1, -0.05) is 48.6 Å². The monoisotopic (exact) mass is 1620 g/mol. The van der Waals surface area contributed by atoms with E-state index in [4.69, 9.17) is 37.9 Å². The van der Waals surface area contributed by atoms with E-state index >= 15 is 0 Å². The highest BCUT2D eigenvalue weighted by atomic mass is 16.5. The van der Waals surface area contributed by atoms with E-state index in [1.807, 2.05) is 97.1 Å². The fraction of sp³-hybridized carbons (Fsp3) is 0.385. The van der Waals surface area contributed by atoms with E-state index in [9.17, 15) is 40.9 Å². The fourth-order valence-corrected chi connectivity index (χ4v) is 18.6. The van der Waals surface area contributed by atoms with Gasteiger partial charge >= 0.3 is 0 Å². The maximum absolute atomic E-state index is 13.1. The SMILES string of the molecule is Oc1c2cc(OC3C=CCCC3)cc1Cc1cc(OC3C=CCCC3)cc(c1O)Cc1cc(OC3C=CCCC3)cc(c1O)Cc1cc(OC3C=CCCC3)cc(c1O)Cc1cc(OC3C=CCCC3)cc(c1O)Cc1cc(OC3C=CCCC3)cc(c1O)Cc1cc(OC3C=CCCC3)cc(c1O)Cc1cc(OC3C=CCCC3)cc(c1O)C2. The summed E-state index contributed by atoms with van der Waals surface area (Å²) < 4.78 is 55.0. The molecule has 9 aliphatic carbocycles. The van der Waals surface area contributed by atoms with Crippen molar-refractivity contribution in [1.82, 2.24) is 0 Å². The van der Waals surface area contributed by atoms with E-state index in [2.05, 4.69) is 97.2 Å². The number of phenols is 8. The topological polar surface area (TPSA) is 236 Å². The Morgan fingerprint density at radius 2 is 0.258 bits per heavy atom. The lowest BCUT2D eigenvalue weighted by Crippen LogP contribution is -2.16. The number of hydrogen-bond donors (Lipinski definition) is 8. The van der Waals surface area contributed by atoms with Crippen LogP contribution in [0.15, 0.2) is 194 Å². The molecule has 16 nitrogen and oxygen atoms in total. The highest BCUT2D eigenvalue weighted by Gasteiger charge is 2.30. The van der Waals surface area contributed by atoms with Crippen LogP contribution in [-0.2, 0) is 51.4 Å². The molecule has 0 spiro atoms. The van der Waals surface area contributed by atoms with E-state index in [0.717, 1.165) is 154 Å². The van der Waals surface area contributed by atoms with Gasteiger partial charge in [-0.05, 0) is 300 Å². The summed E-state index contributed by atoms with van der Waals surface area (Å²) in [6.07, 6.45) is 52.4. The Balaban J connectivity index is 0.862. The molecule has 8 unspecified atom stereocenters. The van der Waals surface area contributed by atoms with Crippen LogP contribution in [0, 0.1) is 0 Å². The summed E-state index contributed by atoms with van der Waals surface area (Å²) in [5, 5.41) is 105. The first-order valence-electron chi connectivity index (χ1n) is 44.1. The molecule has 0 fully saturated rings. The van der Waals surface area contributed by atoms with Gasteiger partial charge < -0.3 is 78.7 Å². The average molecular weight is 1620 g/mol. The summed E-state index contributed by atoms with van der Waals surface area (Å²) in [7, 11) is 0. The second-order valence-electron chi connectivity index (χ2n) is 34.3. The Kier molecular flexibility index (Phi) is 25.2. The number of benzene rings is 8. The minimum atomic E-state index is -0.266. The molecule has 16 heteroatoms. The molecule has 120 heavy (non-hydrogen) atoms. The third kappa shape index (κ3) is 19.8. The van der Waals surface area contributed by atoms with Crippen LogP contribution in [0.2, 0.25) is 0 Å². The molecular weight excluding hydrogens is 1510 g/mol. The highest BCUT2D eigenvalue weighted by Crippen LogP contribution is 2.48. The summed E-state index contributed by atoms with van der Waals surface area (Å²) in [6, 6.07) is 29.2. The van der Waals surface area contributed by atoms with Crippen molar-refractivity contribution in [2.45, 2.75) is 254 Å². The first-order chi connectivity index (χ1) is 58.6. The minimum Gasteiger partial charge on any atom is -0.507 e. The molecule has 8 aromatic carbocycles. The number of ether oxygens (including phenoxy) is 8. The van der Waals surface area contributed by atoms with Crippen molar-refractivity contribution in [3.8, 4) is 92.0 Å². The second kappa shape index (κ2) is 37.4. The first kappa shape index (κ1) is 80.9. The number of allylic oxidation sites excluding steroid dienone is 8. The Hall–Kier alpha value is -11.5. The maximum atomic E-state index is 13.1. The van der Waals surface area contributed by atoms with Crippen LogP contribution >= 0.6 is 0 Å². The predicted octanol–water partition coefficient (Wildman–Crippen LogP) is 22.3. The molecule has 9 aliphatic rings. The number of rotatable bonds is 16. The van der Waals surface area contributed by atoms with Gasteiger partial charge in [0.05, 0.1) is 0 Å². The van der Waals surface area contributed by atoms with Gasteiger partial charge in [-0.15, -0.1) is 0 Å². The van der Waals surface area contributed by atoms with Gasteiger partial charge in [0.1, 0.15) is 141 Å². The smallest absolute Gasteiger partial charge is 0.122 e. The van der Waals surface area contributed by atoms with Crippen LogP contribution in [-0.4, -0.2) is 89.7 Å². The molecule has 8 N–H and O–H groups in total. The first-order valence-corrected chi connectivity index (χ1v) is 44.1. The zero-order chi connectivity index (χ0) is 82.0. The fourth-order valence-electron chi connectivity index (χ4n) is 18.6. The Bertz CT molecular complexity index is 4160. The van der Waals surface area contributed by atoms with Gasteiger partial charge in [-0.2, -0.15) is 0 Å². The van der Waals surface area contributed by atoms with Gasteiger partial charge in [0.25, 0.3) is 0 Å². The second-order valence-corrected chi connectivity index (χ2v) is 34.3. The zero-order valence-electron chi connectivity index (χ0n) is 68.6. The summed E-state index contributed by atoms with van der Waals surface area (Å²) in [5.74, 6) is 3.25. The van der Waals surface area contributed by atoms with Crippen LogP contribution in [0.3, 0.4) is 0 Å². The van der Waals surface area contributed by atoms with Gasteiger partial charge in [0.15, 0.2) is 0 Å². The standard InChI is InChI=1S/C104H112O16/c105-97-65-41-67-51-90(114-82-27-11-2-12-28-82)53-69(98(67)106)43-71-55-92(116-84-31-15-4-16-32-84)57-73(100(71)108)45-75-59-94(118-86-35-19-6-20-36-86)61-77(102(75)110)47-79-63-96(120-88-39-23-8-24-40-88)64-80(104(79)112)48-78-62-95(119-87-37-21-7-22-38-87)60-76(103(78)111)46-74-58-93(117-85-33-17-5-18-34-85)56-72(101(74)109)44-70-54-91(115-83-29-13-3-14-30-83)52-68(99(70)107)42-66(97)50-89(49-65)113-81-25-9-1-10-26-81/h9,11,13,15,17,19,21,23,25,27,29,31,33,35,37,39,49-64,81-88,105-112H,1-8,10,12,14,16,18,20,22,24,26,28,30,32,34,36,38,40-48H2. The van der Waals surface area contributed by atoms with Gasteiger partial charge in [0.2, 0.25) is 0 Å². The molecule has 0 heterocycles. The summed E-state index contributed by atoms with van der Waals surface area (Å²) >= 11 is 0. The van der Waals surface area contributed by atoms with Crippen LogP contribution < -0.4 is 37.9 Å². The normalized spacial score (nSPS) is 22.3. The van der Waals surface area contributed by atoms with Crippen molar-refractivity contribution >= 4 is 0 Å². The lowest BCUT2D eigenvalue weighted by molar-refractivity contribution is 0.228. The molecular formula is C104H112O16. The maximum Gasteiger partial charge on any atom is 0.122 e. The molecule has 16 bridgehead atoms. The number of hydrogen-bond acceptors (Lipinski definition) is 16. The Morgan fingerprint density at radius 3 is 0.342 bits per heavy atom. The van der Waals surface area contributed by atoms with Crippen molar-refractivity contribution < 1.29 is 78.7 Å². The van der Waals surface area contributed by atoms with Gasteiger partial charge in [-0.3, -0.25) is 0 Å². The van der Waals surface area contributed by atoms with Crippen molar-refractivity contribution in [1.29, 1.82) is 0 Å². The quantitative estimate of drug-likeness (QED) is 0.0420. The molecule has 0 aromatic heterocycles. The molecule has 8 atom stereocenters. The van der Waals surface area contributed by atoms with E-state index in [0.29, 0.717) is 135 Å². The summed E-state index contributed by atoms with van der Waals surface area (Å²) in [6.45, 7) is 0. The lowest BCUT2D eigenvalue weighted by Gasteiger charge is -2.24. The predicted molar refractivity (Wildman–Crippen MR) is 467 cm³/mol. The molecule has 624 valence electrons. The Labute approximate surface area is 704 Å². The largest absolute Gasteiger partial charge is 0.507 e. The van der Waals surface area contributed by atoms with E-state index < -0.39 is 0 Å². The van der Waals surface area contributed by atoms with E-state index in [1.54, 1.807) is 0 Å². The lowest BCUT2D eigenvalue weighted by atomic mass is 9.90. The van der Waals surface area contributed by atoms with Gasteiger partial charge in [0, 0.05) is 140 Å². The number of fused-ring (bicyclic) bond motifs is 16. The van der Waals surface area contributed by atoms with Crippen molar-refractivity contribution in [2.24, 2.45) is 0 Å². The molecule has 0 saturated carbocycles. The van der Waals surface area contributed by atoms with Crippen LogP contribution in [0.4, 0.5) is 0 Å². The third-order valence-corrected chi connectivity index (χ3v) is 25.0. The molecule has 0 amide bonds. The zero-order valence-corrected chi connectivity index (χ0v) is 68.6. The third-order valence-electron chi connectivity index (χ3n) is 25.0. The molecule has 0 radical (unpaired) electrons. The summed E-state index contributed by atoms with van der Waals surface area (Å²) in [4.78, 5) is 0. The molecule has 0 saturated heterocycles. The van der Waals surface area contributed by atoms with Crippen LogP contribution in [0.5, 0.6) is 92.0 Å². The number of aromatic hydroxyl groups is 8. The molecule has 0 aliphatic heterocycles. The summed E-state index contributed by atoms with van der Waals surface area (Å²) in [5.41, 5.74) is 6.98. The molecule has 8 aromatic rings. The van der Waals surface area contributed by atoms with Crippen LogP contribution in [0.25, 0.3) is 0 Å². The molecule has 17 rings (SSSR count). The Morgan fingerprint density at radius 1 is 0.158 bits per heavy atom. The number of phenolic OH excluding ortho intramolecular Hbond substituents is 8. The van der Waals surface area contributed by atoms with Crippen LogP contribution in [0.1, 0.15) is 243 Å².